The molecule has 0 saturated heterocycles. The number of rotatable bonds is 8. The molecule has 0 radical (unpaired) electrons. The van der Waals surface area contributed by atoms with Crippen molar-refractivity contribution in [1.29, 1.82) is 0 Å². The van der Waals surface area contributed by atoms with Gasteiger partial charge in [-0.3, -0.25) is 28.3 Å². The molecule has 0 fully saturated rings. The third-order valence-electron chi connectivity index (χ3n) is 9.45. The van der Waals surface area contributed by atoms with E-state index < -0.39 is 71.2 Å². The van der Waals surface area contributed by atoms with Crippen molar-refractivity contribution < 1.29 is 47.7 Å². The molecule has 2 atom stereocenters. The van der Waals surface area contributed by atoms with Crippen molar-refractivity contribution in [2.24, 2.45) is 0 Å². The highest BCUT2D eigenvalue weighted by Crippen LogP contribution is 2.39. The summed E-state index contributed by atoms with van der Waals surface area (Å²) in [5.41, 5.74) is 0.786. The molecule has 2 unspecified atom stereocenters. The van der Waals surface area contributed by atoms with E-state index in [0.29, 0.717) is 0 Å². The molecule has 3 N–H and O–H groups in total. The molecule has 6 aromatic rings. The lowest BCUT2D eigenvalue weighted by atomic mass is 9.96. The normalized spacial score (nSPS) is 12.4. The summed E-state index contributed by atoms with van der Waals surface area (Å²) in [6.45, 7) is 4.86. The minimum absolute atomic E-state index is 0.0290. The van der Waals surface area contributed by atoms with Crippen LogP contribution in [0.25, 0.3) is 21.8 Å². The number of carbonyl (C=O) groups is 5. The van der Waals surface area contributed by atoms with Gasteiger partial charge in [0.15, 0.2) is 23.1 Å². The Bertz CT molecular complexity index is 2620. The lowest BCUT2D eigenvalue weighted by Gasteiger charge is -2.15. The molecule has 55 heavy (non-hydrogen) atoms. The van der Waals surface area contributed by atoms with E-state index in [4.69, 9.17) is 27.9 Å². The van der Waals surface area contributed by atoms with Crippen molar-refractivity contribution in [1.82, 2.24) is 14.5 Å². The Hall–Kier alpha value is -6.05. The van der Waals surface area contributed by atoms with Gasteiger partial charge in [0.05, 0.1) is 22.9 Å². The largest absolute Gasteiger partial charge is 0.505 e. The van der Waals surface area contributed by atoms with Gasteiger partial charge in [-0.2, -0.15) is 0 Å². The second kappa shape index (κ2) is 15.0. The maximum Gasteiger partial charge on any atom is 0.333 e. The third-order valence-corrected chi connectivity index (χ3v) is 9.92. The Labute approximate surface area is 321 Å². The number of carbonyl (C=O) groups excluding carboxylic acids is 5. The topological polar surface area (TPSA) is 157 Å². The quantitative estimate of drug-likeness (QED) is 0.105. The number of hydrogen-bond acceptors (Lipinski definition) is 8. The van der Waals surface area contributed by atoms with Gasteiger partial charge >= 0.3 is 11.9 Å². The number of hydrogen-bond donors (Lipinski definition) is 3. The van der Waals surface area contributed by atoms with E-state index in [-0.39, 0.29) is 65.5 Å². The van der Waals surface area contributed by atoms with E-state index in [2.05, 4.69) is 5.32 Å². The molecule has 1 amide bonds. The Balaban J connectivity index is 1.23. The summed E-state index contributed by atoms with van der Waals surface area (Å²) in [6, 6.07) is 16.9. The Kier molecular flexibility index (Phi) is 10.5. The lowest BCUT2D eigenvalue weighted by molar-refractivity contribution is -0.160. The van der Waals surface area contributed by atoms with Gasteiger partial charge in [0, 0.05) is 43.3 Å². The number of amides is 1. The zero-order chi connectivity index (χ0) is 40.0. The summed E-state index contributed by atoms with van der Waals surface area (Å²) in [4.78, 5) is 66.9. The van der Waals surface area contributed by atoms with Crippen LogP contribution in [0.2, 0.25) is 10.0 Å². The summed E-state index contributed by atoms with van der Waals surface area (Å²) in [5, 5.41) is 22.9. The third kappa shape index (κ3) is 6.92. The van der Waals surface area contributed by atoms with E-state index in [9.17, 15) is 34.2 Å². The van der Waals surface area contributed by atoms with Crippen LogP contribution < -0.4 is 5.32 Å². The van der Waals surface area contributed by atoms with Crippen LogP contribution in [0.4, 0.5) is 8.78 Å². The van der Waals surface area contributed by atoms with Crippen molar-refractivity contribution >= 4 is 74.7 Å². The second-order valence-electron chi connectivity index (χ2n) is 12.8. The molecule has 11 nitrogen and oxygen atoms in total. The van der Waals surface area contributed by atoms with Crippen LogP contribution in [0.5, 0.6) is 11.5 Å². The molecule has 2 aromatic heterocycles. The predicted octanol–water partition coefficient (Wildman–Crippen LogP) is 7.68. The number of aromatic nitrogens is 2. The van der Waals surface area contributed by atoms with Crippen LogP contribution >= 0.6 is 23.2 Å². The molecule has 0 aliphatic rings. The number of ether oxygens (including phenoxy) is 1. The predicted molar refractivity (Wildman–Crippen MR) is 200 cm³/mol. The number of nitrogens with one attached hydrogen (secondary N) is 1. The SMILES string of the molecule is Cc1c(C(C)C(=O)NCC(=O)OC(=O)C(C)c2c(C)n(C(=O)c3cccc(Cl)c3)c3ccc(O)c(F)c23)c2c(F)c(O)ccc2n1C(=O)c1cccc(Cl)c1. The second-order valence-corrected chi connectivity index (χ2v) is 13.7. The number of benzene rings is 4. The number of aromatic hydroxyl groups is 2. The maximum absolute atomic E-state index is 15.5. The summed E-state index contributed by atoms with van der Waals surface area (Å²) in [7, 11) is 0. The number of fused-ring (bicyclic) bond motifs is 2. The van der Waals surface area contributed by atoms with E-state index in [0.717, 1.165) is 16.7 Å². The first-order valence-electron chi connectivity index (χ1n) is 16.7. The number of nitrogens with zero attached hydrogens (tertiary/aromatic N) is 2. The molecule has 2 heterocycles. The lowest BCUT2D eigenvalue weighted by Crippen LogP contribution is -2.35. The zero-order valence-corrected chi connectivity index (χ0v) is 31.1. The summed E-state index contributed by atoms with van der Waals surface area (Å²) < 4.78 is 38.4. The van der Waals surface area contributed by atoms with Gasteiger partial charge < -0.3 is 20.3 Å². The molecule has 0 saturated carbocycles. The van der Waals surface area contributed by atoms with Gasteiger partial charge in [-0.1, -0.05) is 35.3 Å². The Morgan fingerprint density at radius 2 is 1.15 bits per heavy atom. The van der Waals surface area contributed by atoms with Gasteiger partial charge in [0.1, 0.15) is 6.54 Å². The van der Waals surface area contributed by atoms with Crippen molar-refractivity contribution in [3.8, 4) is 11.5 Å². The van der Waals surface area contributed by atoms with Crippen LogP contribution in [0.15, 0.2) is 72.8 Å². The zero-order valence-electron chi connectivity index (χ0n) is 29.5. The van der Waals surface area contributed by atoms with Gasteiger partial charge in [-0.15, -0.1) is 0 Å². The van der Waals surface area contributed by atoms with E-state index >= 15 is 8.78 Å². The van der Waals surface area contributed by atoms with Crippen molar-refractivity contribution in [2.45, 2.75) is 39.5 Å². The van der Waals surface area contributed by atoms with Crippen LogP contribution in [-0.2, 0) is 19.1 Å². The molecule has 0 aliphatic carbocycles. The highest BCUT2D eigenvalue weighted by atomic mass is 35.5. The molecule has 15 heteroatoms. The first kappa shape index (κ1) is 38.7. The van der Waals surface area contributed by atoms with Crippen LogP contribution in [-0.4, -0.2) is 55.6 Å². The number of phenolic OH excluding ortho intramolecular Hbond substituents is 2. The van der Waals surface area contributed by atoms with Crippen LogP contribution in [0, 0.1) is 25.5 Å². The standard InChI is InChI=1S/C40H31Cl2F2N3O8/c1-18(31-20(3)46(26-11-13-28(48)35(43)33(26)31)38(52)22-7-5-9-24(41)15-22)37(51)45-17-30(50)55-40(54)19(2)32-21(4)47(27-12-14-29(49)36(44)34(27)32)39(53)23-8-6-10-25(42)16-23/h5-16,18-19,48-49H,17H2,1-4H3,(H,45,51). The molecule has 4 aromatic carbocycles. The highest BCUT2D eigenvalue weighted by Gasteiger charge is 2.33. The Morgan fingerprint density at radius 3 is 1.58 bits per heavy atom. The fraction of sp³-hybridized carbons (Fsp3) is 0.175. The first-order valence-corrected chi connectivity index (χ1v) is 17.5. The number of esters is 2. The Morgan fingerprint density at radius 1 is 0.709 bits per heavy atom. The molecule has 0 bridgehead atoms. The number of phenols is 2. The fourth-order valence-corrected chi connectivity index (χ4v) is 7.22. The molecular formula is C40H31Cl2F2N3O8. The first-order chi connectivity index (χ1) is 26.0. The van der Waals surface area contributed by atoms with Crippen LogP contribution in [0.1, 0.15) is 68.9 Å². The average molecular weight is 791 g/mol. The summed E-state index contributed by atoms with van der Waals surface area (Å²) in [6.07, 6.45) is 0. The van der Waals surface area contributed by atoms with Crippen molar-refractivity contribution in [3.63, 3.8) is 0 Å². The smallest absolute Gasteiger partial charge is 0.333 e. The van der Waals surface area contributed by atoms with Gasteiger partial charge in [0.25, 0.3) is 11.8 Å². The highest BCUT2D eigenvalue weighted by molar-refractivity contribution is 6.31. The summed E-state index contributed by atoms with van der Waals surface area (Å²) in [5.74, 6) is -10.5. The van der Waals surface area contributed by atoms with Gasteiger partial charge in [-0.25, -0.2) is 13.6 Å². The summed E-state index contributed by atoms with van der Waals surface area (Å²) >= 11 is 12.2. The van der Waals surface area contributed by atoms with Crippen molar-refractivity contribution in [3.05, 3.63) is 128 Å². The monoisotopic (exact) mass is 789 g/mol. The minimum Gasteiger partial charge on any atom is -0.505 e. The van der Waals surface area contributed by atoms with Gasteiger partial charge in [0.2, 0.25) is 5.91 Å². The van der Waals surface area contributed by atoms with E-state index in [1.165, 1.54) is 68.7 Å². The maximum atomic E-state index is 15.5. The average Bonchev–Trinajstić information content (AvgIpc) is 3.62. The van der Waals surface area contributed by atoms with Crippen LogP contribution in [0.3, 0.4) is 0 Å². The van der Waals surface area contributed by atoms with Crippen molar-refractivity contribution in [2.75, 3.05) is 6.54 Å². The minimum atomic E-state index is -1.35. The molecule has 282 valence electrons. The molecular weight excluding hydrogens is 759 g/mol. The number of halogens is 4. The molecule has 0 aliphatic heterocycles. The molecule has 0 spiro atoms. The molecule has 6 rings (SSSR count). The van der Waals surface area contributed by atoms with E-state index in [1.54, 1.807) is 24.3 Å². The fourth-order valence-electron chi connectivity index (χ4n) is 6.84. The van der Waals surface area contributed by atoms with E-state index in [1.807, 2.05) is 0 Å². The van der Waals surface area contributed by atoms with Gasteiger partial charge in [-0.05, 0) is 99.5 Å².